The maximum atomic E-state index is 13.8. The van der Waals surface area contributed by atoms with Crippen LogP contribution in [0.15, 0.2) is 54.6 Å². The Hall–Kier alpha value is -4.34. The predicted molar refractivity (Wildman–Crippen MR) is 177 cm³/mol. The van der Waals surface area contributed by atoms with Crippen LogP contribution >= 0.6 is 0 Å². The van der Waals surface area contributed by atoms with Crippen molar-refractivity contribution in [1.29, 1.82) is 0 Å². The highest BCUT2D eigenvalue weighted by atomic mass is 16.5. The Morgan fingerprint density at radius 2 is 1.80 bits per heavy atom. The number of aromatic nitrogens is 2. The summed E-state index contributed by atoms with van der Waals surface area (Å²) in [6.07, 6.45) is 4.32. The topological polar surface area (TPSA) is 121 Å². The Labute approximate surface area is 272 Å². The van der Waals surface area contributed by atoms with Crippen molar-refractivity contribution in [1.82, 2.24) is 20.4 Å². The first-order valence-corrected chi connectivity index (χ1v) is 16.4. The van der Waals surface area contributed by atoms with Gasteiger partial charge in [0.15, 0.2) is 5.69 Å². The number of hydrogen-bond donors (Lipinski definition) is 2. The third-order valence-corrected chi connectivity index (χ3v) is 8.41. The number of ether oxygens (including phenoxy) is 3. The van der Waals surface area contributed by atoms with Crippen LogP contribution in [0.25, 0.3) is 11.3 Å². The summed E-state index contributed by atoms with van der Waals surface area (Å²) in [6.45, 7) is 8.75. The van der Waals surface area contributed by atoms with Gasteiger partial charge in [-0.25, -0.2) is 0 Å². The third kappa shape index (κ3) is 9.34. The molecule has 248 valence electrons. The minimum absolute atomic E-state index is 0.0206. The summed E-state index contributed by atoms with van der Waals surface area (Å²) in [6, 6.07) is 17.1. The van der Waals surface area contributed by atoms with Gasteiger partial charge in [0.25, 0.3) is 5.91 Å². The largest absolute Gasteiger partial charge is 0.496 e. The van der Waals surface area contributed by atoms with Crippen LogP contribution in [0.3, 0.4) is 0 Å². The standard InChI is InChI=1S/C36H48N4O6/c1-6-45-34(42)18-19-37-33(41)22-28(24(2)3)38-36(43)29-21-30(40(39-29)27-15-10-12-25(4)20-27)35-31(44-5)16-11-17-32(35)46-23-26-13-8-7-9-14-26/h7-9,11,13-14,16-17,21,24-25,27-28H,6,10,12,15,18-20,22-23H2,1-5H3,(H,37,41)(H,38,43). The predicted octanol–water partition coefficient (Wildman–Crippen LogP) is 6.10. The van der Waals surface area contributed by atoms with Crippen molar-refractivity contribution >= 4 is 17.8 Å². The number of nitrogens with one attached hydrogen (secondary N) is 2. The molecular formula is C36H48N4O6. The van der Waals surface area contributed by atoms with E-state index in [1.807, 2.05) is 67.1 Å². The van der Waals surface area contributed by atoms with Crippen molar-refractivity contribution in [3.63, 3.8) is 0 Å². The molecule has 3 aromatic rings. The SMILES string of the molecule is CCOC(=O)CCNC(=O)CC(NC(=O)c1cc(-c2c(OC)cccc2OCc2ccccc2)n(C2CCCC(C)C2)n1)C(C)C. The van der Waals surface area contributed by atoms with Crippen LogP contribution in [0.2, 0.25) is 0 Å². The summed E-state index contributed by atoms with van der Waals surface area (Å²) in [5.74, 6) is 0.809. The molecule has 1 aliphatic rings. The van der Waals surface area contributed by atoms with Gasteiger partial charge in [0.1, 0.15) is 18.1 Å². The Morgan fingerprint density at radius 3 is 2.50 bits per heavy atom. The van der Waals surface area contributed by atoms with E-state index in [1.54, 1.807) is 20.1 Å². The minimum atomic E-state index is -0.436. The Balaban J connectivity index is 1.61. The summed E-state index contributed by atoms with van der Waals surface area (Å²) < 4.78 is 19.1. The molecule has 2 amide bonds. The number of rotatable bonds is 15. The van der Waals surface area contributed by atoms with Crippen molar-refractivity contribution < 1.29 is 28.6 Å². The van der Waals surface area contributed by atoms with Gasteiger partial charge in [-0.3, -0.25) is 19.1 Å². The van der Waals surface area contributed by atoms with Crippen LogP contribution in [0.4, 0.5) is 0 Å². The van der Waals surface area contributed by atoms with Gasteiger partial charge in [-0.2, -0.15) is 5.10 Å². The molecule has 0 bridgehead atoms. The first-order chi connectivity index (χ1) is 22.2. The fraction of sp³-hybridized carbons (Fsp3) is 0.500. The lowest BCUT2D eigenvalue weighted by molar-refractivity contribution is -0.143. The van der Waals surface area contributed by atoms with E-state index >= 15 is 0 Å². The molecule has 3 unspecified atom stereocenters. The van der Waals surface area contributed by atoms with E-state index in [4.69, 9.17) is 19.3 Å². The summed E-state index contributed by atoms with van der Waals surface area (Å²) in [5.41, 5.74) is 2.80. The van der Waals surface area contributed by atoms with Crippen LogP contribution in [0, 0.1) is 11.8 Å². The monoisotopic (exact) mass is 632 g/mol. The molecule has 10 heteroatoms. The number of esters is 1. The molecule has 1 aromatic heterocycles. The van der Waals surface area contributed by atoms with E-state index in [2.05, 4.69) is 17.6 Å². The van der Waals surface area contributed by atoms with Gasteiger partial charge in [0.05, 0.1) is 37.4 Å². The van der Waals surface area contributed by atoms with Gasteiger partial charge in [-0.15, -0.1) is 0 Å². The molecule has 1 aliphatic carbocycles. The number of hydrogen-bond acceptors (Lipinski definition) is 7. The zero-order valence-electron chi connectivity index (χ0n) is 27.7. The van der Waals surface area contributed by atoms with Crippen molar-refractivity contribution in [3.8, 4) is 22.8 Å². The maximum Gasteiger partial charge on any atom is 0.307 e. The smallest absolute Gasteiger partial charge is 0.307 e. The maximum absolute atomic E-state index is 13.8. The van der Waals surface area contributed by atoms with Crippen molar-refractivity contribution in [2.75, 3.05) is 20.3 Å². The van der Waals surface area contributed by atoms with Crippen molar-refractivity contribution in [3.05, 3.63) is 65.9 Å². The molecule has 1 fully saturated rings. The number of amides is 2. The molecule has 10 nitrogen and oxygen atoms in total. The zero-order valence-corrected chi connectivity index (χ0v) is 27.7. The van der Waals surface area contributed by atoms with E-state index < -0.39 is 6.04 Å². The fourth-order valence-corrected chi connectivity index (χ4v) is 5.89. The second kappa shape index (κ2) is 16.8. The molecule has 1 heterocycles. The summed E-state index contributed by atoms with van der Waals surface area (Å²) in [5, 5.41) is 10.7. The lowest BCUT2D eigenvalue weighted by Gasteiger charge is -2.29. The quantitative estimate of drug-likeness (QED) is 0.194. The van der Waals surface area contributed by atoms with E-state index in [1.165, 1.54) is 6.42 Å². The molecule has 1 saturated carbocycles. The van der Waals surface area contributed by atoms with Gasteiger partial charge in [-0.05, 0) is 55.4 Å². The average Bonchev–Trinajstić information content (AvgIpc) is 3.49. The summed E-state index contributed by atoms with van der Waals surface area (Å²) in [4.78, 5) is 38.1. The third-order valence-electron chi connectivity index (χ3n) is 8.41. The molecular weight excluding hydrogens is 584 g/mol. The van der Waals surface area contributed by atoms with E-state index in [-0.39, 0.29) is 54.8 Å². The van der Waals surface area contributed by atoms with Gasteiger partial charge in [0, 0.05) is 19.0 Å². The summed E-state index contributed by atoms with van der Waals surface area (Å²) >= 11 is 0. The first-order valence-electron chi connectivity index (χ1n) is 16.4. The van der Waals surface area contributed by atoms with Gasteiger partial charge >= 0.3 is 5.97 Å². The Kier molecular flexibility index (Phi) is 12.6. The fourth-order valence-electron chi connectivity index (χ4n) is 5.89. The molecule has 0 aliphatic heterocycles. The molecule has 3 atom stereocenters. The minimum Gasteiger partial charge on any atom is -0.496 e. The molecule has 46 heavy (non-hydrogen) atoms. The Morgan fingerprint density at radius 1 is 1.04 bits per heavy atom. The molecule has 2 N–H and O–H groups in total. The van der Waals surface area contributed by atoms with Crippen LogP contribution in [0.1, 0.15) is 88.3 Å². The van der Waals surface area contributed by atoms with Gasteiger partial charge in [0.2, 0.25) is 5.91 Å². The number of methoxy groups -OCH3 is 1. The lowest BCUT2D eigenvalue weighted by atomic mass is 9.87. The molecule has 0 spiro atoms. The molecule has 0 radical (unpaired) electrons. The second-order valence-electron chi connectivity index (χ2n) is 12.3. The normalized spacial score (nSPS) is 16.8. The van der Waals surface area contributed by atoms with E-state index in [0.29, 0.717) is 30.6 Å². The van der Waals surface area contributed by atoms with Gasteiger partial charge in [-0.1, -0.05) is 70.0 Å². The van der Waals surface area contributed by atoms with Crippen LogP contribution in [0.5, 0.6) is 11.5 Å². The lowest BCUT2D eigenvalue weighted by Crippen LogP contribution is -2.42. The number of carbonyl (C=O) groups is 3. The summed E-state index contributed by atoms with van der Waals surface area (Å²) in [7, 11) is 1.63. The molecule has 4 rings (SSSR count). The second-order valence-corrected chi connectivity index (χ2v) is 12.3. The highest BCUT2D eigenvalue weighted by Crippen LogP contribution is 2.42. The van der Waals surface area contributed by atoms with Crippen LogP contribution in [-0.2, 0) is 20.9 Å². The highest BCUT2D eigenvalue weighted by molar-refractivity contribution is 5.94. The van der Waals surface area contributed by atoms with Crippen LogP contribution in [-0.4, -0.2) is 53.9 Å². The first kappa shape index (κ1) is 34.5. The van der Waals surface area contributed by atoms with Crippen LogP contribution < -0.4 is 20.1 Å². The van der Waals surface area contributed by atoms with E-state index in [9.17, 15) is 14.4 Å². The molecule has 0 saturated heterocycles. The number of nitrogens with zero attached hydrogens (tertiary/aromatic N) is 2. The number of carbonyl (C=O) groups excluding carboxylic acids is 3. The average molecular weight is 633 g/mol. The molecule has 2 aromatic carbocycles. The highest BCUT2D eigenvalue weighted by Gasteiger charge is 2.29. The zero-order chi connectivity index (χ0) is 33.1. The van der Waals surface area contributed by atoms with Crippen molar-refractivity contribution in [2.24, 2.45) is 11.8 Å². The number of benzene rings is 2. The van der Waals surface area contributed by atoms with Crippen molar-refractivity contribution in [2.45, 2.75) is 84.9 Å². The van der Waals surface area contributed by atoms with E-state index in [0.717, 1.165) is 36.1 Å². The van der Waals surface area contributed by atoms with Gasteiger partial charge < -0.3 is 24.8 Å². The Bertz CT molecular complexity index is 1450.